The normalized spacial score (nSPS) is 17.8. The van der Waals surface area contributed by atoms with E-state index in [9.17, 15) is 14.4 Å². The molecule has 2 heterocycles. The summed E-state index contributed by atoms with van der Waals surface area (Å²) in [7, 11) is 1.61. The summed E-state index contributed by atoms with van der Waals surface area (Å²) >= 11 is 0. The van der Waals surface area contributed by atoms with E-state index >= 15 is 0 Å². The molecule has 2 saturated heterocycles. The molecule has 2 aromatic rings. The fourth-order valence-electron chi connectivity index (χ4n) is 4.13. The van der Waals surface area contributed by atoms with Crippen molar-refractivity contribution in [1.82, 2.24) is 10.2 Å². The van der Waals surface area contributed by atoms with Gasteiger partial charge in [-0.2, -0.15) is 0 Å². The number of benzene rings is 2. The summed E-state index contributed by atoms with van der Waals surface area (Å²) in [5.74, 6) is 0.711. The number of amides is 3. The quantitative estimate of drug-likeness (QED) is 0.666. The van der Waals surface area contributed by atoms with Gasteiger partial charge in [-0.15, -0.1) is 0 Å². The van der Waals surface area contributed by atoms with Crippen LogP contribution >= 0.6 is 0 Å². The number of nitrogens with one attached hydrogen (secondary N) is 1. The zero-order valence-corrected chi connectivity index (χ0v) is 18.8. The number of hydrogen-bond acceptors (Lipinski definition) is 5. The molecule has 8 heteroatoms. The molecule has 2 aromatic carbocycles. The highest BCUT2D eigenvalue weighted by atomic mass is 16.5. The van der Waals surface area contributed by atoms with E-state index in [1.54, 1.807) is 36.3 Å². The number of ether oxygens (including phenoxy) is 2. The van der Waals surface area contributed by atoms with Crippen molar-refractivity contribution in [2.24, 2.45) is 5.92 Å². The van der Waals surface area contributed by atoms with Gasteiger partial charge in [0.15, 0.2) is 6.61 Å². The molecular formula is C25H29N3O5. The SMILES string of the molecule is COc1ccc(CNC(=O)C2CC(=O)N(c3ccc(OCC(=O)N4CCCC4)cc3)C2)cc1. The Morgan fingerprint density at radius 3 is 2.33 bits per heavy atom. The number of nitrogens with zero attached hydrogens (tertiary/aromatic N) is 2. The van der Waals surface area contributed by atoms with Crippen LogP contribution in [-0.4, -0.2) is 56.0 Å². The van der Waals surface area contributed by atoms with E-state index in [0.717, 1.165) is 37.2 Å². The van der Waals surface area contributed by atoms with Crippen LogP contribution in [0.4, 0.5) is 5.69 Å². The van der Waals surface area contributed by atoms with Crippen molar-refractivity contribution in [1.29, 1.82) is 0 Å². The van der Waals surface area contributed by atoms with Crippen LogP contribution in [-0.2, 0) is 20.9 Å². The van der Waals surface area contributed by atoms with Gasteiger partial charge >= 0.3 is 0 Å². The standard InChI is InChI=1S/C25H29N3O5/c1-32-21-8-4-18(5-9-21)15-26-25(31)19-14-23(29)28(16-19)20-6-10-22(11-7-20)33-17-24(30)27-12-2-3-13-27/h4-11,19H,2-3,12-17H2,1H3,(H,26,31). The molecule has 1 unspecified atom stereocenters. The van der Waals surface area contributed by atoms with Crippen LogP contribution in [0, 0.1) is 5.92 Å². The number of likely N-dealkylation sites (tertiary alicyclic amines) is 1. The fourth-order valence-corrected chi connectivity index (χ4v) is 4.13. The molecule has 2 aliphatic rings. The van der Waals surface area contributed by atoms with Crippen molar-refractivity contribution in [2.45, 2.75) is 25.8 Å². The summed E-state index contributed by atoms with van der Waals surface area (Å²) < 4.78 is 10.7. The Morgan fingerprint density at radius 2 is 1.67 bits per heavy atom. The molecule has 0 aliphatic carbocycles. The lowest BCUT2D eigenvalue weighted by molar-refractivity contribution is -0.132. The van der Waals surface area contributed by atoms with Gasteiger partial charge in [0.1, 0.15) is 11.5 Å². The van der Waals surface area contributed by atoms with Gasteiger partial charge in [-0.25, -0.2) is 0 Å². The third-order valence-electron chi connectivity index (χ3n) is 6.09. The van der Waals surface area contributed by atoms with Crippen molar-refractivity contribution in [3.8, 4) is 11.5 Å². The Labute approximate surface area is 193 Å². The van der Waals surface area contributed by atoms with E-state index in [4.69, 9.17) is 9.47 Å². The van der Waals surface area contributed by atoms with Crippen molar-refractivity contribution >= 4 is 23.4 Å². The van der Waals surface area contributed by atoms with Crippen LogP contribution in [0.25, 0.3) is 0 Å². The Kier molecular flexibility index (Phi) is 7.12. The number of carbonyl (C=O) groups is 3. The Hall–Kier alpha value is -3.55. The molecule has 0 saturated carbocycles. The number of anilines is 1. The Morgan fingerprint density at radius 1 is 1.00 bits per heavy atom. The maximum atomic E-state index is 12.6. The molecule has 0 bridgehead atoms. The minimum Gasteiger partial charge on any atom is -0.497 e. The number of methoxy groups -OCH3 is 1. The summed E-state index contributed by atoms with van der Waals surface area (Å²) in [6.07, 6.45) is 2.27. The van der Waals surface area contributed by atoms with Crippen LogP contribution in [0.2, 0.25) is 0 Å². The molecule has 174 valence electrons. The van der Waals surface area contributed by atoms with Gasteiger partial charge in [0, 0.05) is 38.3 Å². The van der Waals surface area contributed by atoms with Gasteiger partial charge < -0.3 is 24.6 Å². The van der Waals surface area contributed by atoms with Crippen molar-refractivity contribution in [3.63, 3.8) is 0 Å². The lowest BCUT2D eigenvalue weighted by atomic mass is 10.1. The van der Waals surface area contributed by atoms with Crippen molar-refractivity contribution < 1.29 is 23.9 Å². The number of hydrogen-bond donors (Lipinski definition) is 1. The second-order valence-corrected chi connectivity index (χ2v) is 8.34. The lowest BCUT2D eigenvalue weighted by Gasteiger charge is -2.18. The molecule has 1 N–H and O–H groups in total. The van der Waals surface area contributed by atoms with Crippen molar-refractivity contribution in [3.05, 3.63) is 54.1 Å². The zero-order chi connectivity index (χ0) is 23.2. The number of carbonyl (C=O) groups excluding carboxylic acids is 3. The topological polar surface area (TPSA) is 88.2 Å². The van der Waals surface area contributed by atoms with E-state index in [2.05, 4.69) is 5.32 Å². The summed E-state index contributed by atoms with van der Waals surface area (Å²) in [6.45, 7) is 2.34. The van der Waals surface area contributed by atoms with Gasteiger partial charge in [-0.05, 0) is 54.8 Å². The molecule has 0 spiro atoms. The summed E-state index contributed by atoms with van der Waals surface area (Å²) in [4.78, 5) is 40.7. The zero-order valence-electron chi connectivity index (χ0n) is 18.8. The van der Waals surface area contributed by atoms with Gasteiger partial charge in [-0.1, -0.05) is 12.1 Å². The minimum atomic E-state index is -0.398. The summed E-state index contributed by atoms with van der Waals surface area (Å²) in [6, 6.07) is 14.5. The second-order valence-electron chi connectivity index (χ2n) is 8.34. The van der Waals surface area contributed by atoms with Crippen LogP contribution in [0.15, 0.2) is 48.5 Å². The first-order valence-electron chi connectivity index (χ1n) is 11.2. The van der Waals surface area contributed by atoms with E-state index < -0.39 is 5.92 Å². The van der Waals surface area contributed by atoms with Crippen LogP contribution in [0.1, 0.15) is 24.8 Å². The monoisotopic (exact) mass is 451 g/mol. The second kappa shape index (κ2) is 10.4. The molecule has 4 rings (SSSR count). The van der Waals surface area contributed by atoms with Crippen LogP contribution in [0.5, 0.6) is 11.5 Å². The smallest absolute Gasteiger partial charge is 0.260 e. The number of rotatable bonds is 8. The summed E-state index contributed by atoms with van der Waals surface area (Å²) in [5.41, 5.74) is 1.67. The van der Waals surface area contributed by atoms with Crippen LogP contribution in [0.3, 0.4) is 0 Å². The van der Waals surface area contributed by atoms with Gasteiger partial charge in [0.25, 0.3) is 5.91 Å². The van der Waals surface area contributed by atoms with Crippen LogP contribution < -0.4 is 19.7 Å². The molecule has 0 radical (unpaired) electrons. The average molecular weight is 452 g/mol. The first-order chi connectivity index (χ1) is 16.0. The van der Waals surface area contributed by atoms with Gasteiger partial charge in [0.05, 0.1) is 13.0 Å². The van der Waals surface area contributed by atoms with Crippen molar-refractivity contribution in [2.75, 3.05) is 38.3 Å². The highest BCUT2D eigenvalue weighted by Gasteiger charge is 2.35. The predicted molar refractivity (Wildman–Crippen MR) is 123 cm³/mol. The average Bonchev–Trinajstić information content (AvgIpc) is 3.52. The van der Waals surface area contributed by atoms with E-state index in [1.807, 2.05) is 29.2 Å². The minimum absolute atomic E-state index is 0.00482. The maximum Gasteiger partial charge on any atom is 0.260 e. The molecular weight excluding hydrogens is 422 g/mol. The molecule has 1 atom stereocenters. The first kappa shape index (κ1) is 22.6. The third kappa shape index (κ3) is 5.63. The molecule has 33 heavy (non-hydrogen) atoms. The van der Waals surface area contributed by atoms with E-state index in [1.165, 1.54) is 0 Å². The highest BCUT2D eigenvalue weighted by molar-refractivity contribution is 6.00. The summed E-state index contributed by atoms with van der Waals surface area (Å²) in [5, 5.41) is 2.92. The molecule has 8 nitrogen and oxygen atoms in total. The third-order valence-corrected chi connectivity index (χ3v) is 6.09. The Bertz CT molecular complexity index is 984. The van der Waals surface area contributed by atoms with E-state index in [0.29, 0.717) is 24.5 Å². The molecule has 3 amide bonds. The van der Waals surface area contributed by atoms with Gasteiger partial charge in [-0.3, -0.25) is 14.4 Å². The predicted octanol–water partition coefficient (Wildman–Crippen LogP) is 2.37. The maximum absolute atomic E-state index is 12.6. The fraction of sp³-hybridized carbons (Fsp3) is 0.400. The first-order valence-corrected chi connectivity index (χ1v) is 11.2. The molecule has 0 aromatic heterocycles. The molecule has 2 aliphatic heterocycles. The largest absolute Gasteiger partial charge is 0.497 e. The molecule has 2 fully saturated rings. The Balaban J connectivity index is 1.27. The van der Waals surface area contributed by atoms with E-state index in [-0.39, 0.29) is 30.7 Å². The highest BCUT2D eigenvalue weighted by Crippen LogP contribution is 2.27. The lowest BCUT2D eigenvalue weighted by Crippen LogP contribution is -2.32. The van der Waals surface area contributed by atoms with Gasteiger partial charge in [0.2, 0.25) is 11.8 Å².